The first-order valence-electron chi connectivity index (χ1n) is 14.0. The van der Waals surface area contributed by atoms with Crippen molar-refractivity contribution in [1.29, 1.82) is 0 Å². The Bertz CT molecular complexity index is 2460. The Labute approximate surface area is 305 Å². The molecule has 50 heavy (non-hydrogen) atoms. The maximum Gasteiger partial charge on any atom is 0.238 e. The van der Waals surface area contributed by atoms with Gasteiger partial charge in [0.15, 0.2) is 0 Å². The third kappa shape index (κ3) is 6.84. The first-order valence-corrected chi connectivity index (χ1v) is 18.6. The van der Waals surface area contributed by atoms with Gasteiger partial charge in [0.1, 0.15) is 22.7 Å². The first kappa shape index (κ1) is 35.4. The molecule has 254 valence electrons. The quantitative estimate of drug-likeness (QED) is 0.0910. The Balaban J connectivity index is 1.34. The molecule has 0 aliphatic carbocycles. The van der Waals surface area contributed by atoms with E-state index in [4.69, 9.17) is 68.1 Å². The molecule has 6 aromatic rings. The summed E-state index contributed by atoms with van der Waals surface area (Å²) in [5, 5.41) is 29.4. The van der Waals surface area contributed by atoms with Crippen LogP contribution in [0.15, 0.2) is 115 Å². The van der Waals surface area contributed by atoms with Crippen LogP contribution >= 0.6 is 46.4 Å². The average Bonchev–Trinajstić information content (AvgIpc) is 3.04. The number of fused-ring (bicyclic) bond motifs is 2. The number of rotatable bonds is 7. The van der Waals surface area contributed by atoms with Gasteiger partial charge in [-0.15, -0.1) is 20.5 Å². The largest absolute Gasteiger partial charge is 0.396 e. The fourth-order valence-electron chi connectivity index (χ4n) is 5.20. The van der Waals surface area contributed by atoms with Crippen molar-refractivity contribution in [1.82, 2.24) is 0 Å². The molecular weight excluding hydrogens is 766 g/mol. The average molecular weight is 789 g/mol. The van der Waals surface area contributed by atoms with Gasteiger partial charge in [-0.2, -0.15) is 0 Å². The lowest BCUT2D eigenvalue weighted by atomic mass is 10.0. The standard InChI is InChI=1S/C32H22Cl4N8O4S2/c33-21-9-15(10-22(34)31(21)43-41-25-13-27(49(39,45)46)17-5-1-3-7-19(17)29(25)37)16-11-23(35)32(24(36)12-16)44-42-26-14-28(50(40,47)48)18-6-2-4-8-20(18)30(26)38/h1-14H,37-38H2,(H2,39,45,46)(H2,40,47,48)/b43-41+,44-42+. The molecule has 0 saturated carbocycles. The summed E-state index contributed by atoms with van der Waals surface area (Å²) in [6, 6.07) is 21.8. The highest BCUT2D eigenvalue weighted by atomic mass is 35.5. The van der Waals surface area contributed by atoms with E-state index in [2.05, 4.69) is 20.5 Å². The summed E-state index contributed by atoms with van der Waals surface area (Å²) in [5.41, 5.74) is 14.2. The van der Waals surface area contributed by atoms with Crippen LogP contribution in [0.2, 0.25) is 20.1 Å². The van der Waals surface area contributed by atoms with E-state index in [9.17, 15) is 16.8 Å². The number of hydrogen-bond donors (Lipinski definition) is 4. The van der Waals surface area contributed by atoms with Crippen molar-refractivity contribution in [2.24, 2.45) is 30.7 Å². The Morgan fingerprint density at radius 1 is 0.460 bits per heavy atom. The molecule has 18 heteroatoms. The second-order valence-corrected chi connectivity index (χ2v) is 15.5. The molecule has 0 atom stereocenters. The van der Waals surface area contributed by atoms with Crippen LogP contribution in [-0.4, -0.2) is 16.8 Å². The molecule has 6 aromatic carbocycles. The molecule has 0 unspecified atom stereocenters. The maximum atomic E-state index is 12.3. The molecule has 0 spiro atoms. The smallest absolute Gasteiger partial charge is 0.238 e. The van der Waals surface area contributed by atoms with Crippen LogP contribution in [0, 0.1) is 0 Å². The summed E-state index contributed by atoms with van der Waals surface area (Å²) in [6.45, 7) is 0. The van der Waals surface area contributed by atoms with Gasteiger partial charge in [-0.1, -0.05) is 94.9 Å². The van der Waals surface area contributed by atoms with Crippen molar-refractivity contribution >= 4 is 122 Å². The topological polar surface area (TPSA) is 222 Å². The molecule has 0 saturated heterocycles. The number of anilines is 2. The summed E-state index contributed by atoms with van der Waals surface area (Å²) in [4.78, 5) is -0.343. The van der Waals surface area contributed by atoms with Crippen molar-refractivity contribution in [3.63, 3.8) is 0 Å². The second kappa shape index (κ2) is 13.4. The molecule has 0 radical (unpaired) electrons. The van der Waals surface area contributed by atoms with Gasteiger partial charge >= 0.3 is 0 Å². The Morgan fingerprint density at radius 2 is 0.760 bits per heavy atom. The zero-order valence-corrected chi connectivity index (χ0v) is 29.8. The first-order chi connectivity index (χ1) is 23.5. The molecule has 0 amide bonds. The highest BCUT2D eigenvalue weighted by Crippen LogP contribution is 2.44. The van der Waals surface area contributed by atoms with Gasteiger partial charge < -0.3 is 11.5 Å². The number of primary sulfonamides is 2. The van der Waals surface area contributed by atoms with Crippen molar-refractivity contribution in [3.8, 4) is 11.1 Å². The number of nitrogens with zero attached hydrogens (tertiary/aromatic N) is 4. The van der Waals surface area contributed by atoms with Gasteiger partial charge in [0, 0.05) is 21.5 Å². The lowest BCUT2D eigenvalue weighted by Gasteiger charge is -2.11. The molecule has 0 aromatic heterocycles. The maximum absolute atomic E-state index is 12.3. The van der Waals surface area contributed by atoms with Gasteiger partial charge in [0.2, 0.25) is 20.0 Å². The minimum Gasteiger partial charge on any atom is -0.396 e. The zero-order chi connectivity index (χ0) is 36.1. The zero-order valence-electron chi connectivity index (χ0n) is 25.1. The summed E-state index contributed by atoms with van der Waals surface area (Å²) < 4.78 is 49.2. The van der Waals surface area contributed by atoms with Crippen molar-refractivity contribution < 1.29 is 16.8 Å². The van der Waals surface area contributed by atoms with E-state index in [0.29, 0.717) is 32.7 Å². The number of halogens is 4. The lowest BCUT2D eigenvalue weighted by molar-refractivity contribution is 0.597. The van der Waals surface area contributed by atoms with E-state index in [1.54, 1.807) is 72.8 Å². The molecular formula is C32H22Cl4N8O4S2. The monoisotopic (exact) mass is 786 g/mol. The summed E-state index contributed by atoms with van der Waals surface area (Å²) in [5.74, 6) is 0. The van der Waals surface area contributed by atoms with E-state index < -0.39 is 20.0 Å². The van der Waals surface area contributed by atoms with E-state index >= 15 is 0 Å². The Hall–Kier alpha value is -4.38. The van der Waals surface area contributed by atoms with Gasteiger partial charge in [-0.25, -0.2) is 27.1 Å². The SMILES string of the molecule is Nc1c(/N=N/c2c(Cl)cc(-c3cc(Cl)c(/N=N/c4cc(S(N)(=O)=O)c5ccccc5c4N)c(Cl)c3)cc2Cl)cc(S(N)(=O)=O)c2ccccc12. The number of hydrogen-bond acceptors (Lipinski definition) is 10. The number of azo groups is 2. The highest BCUT2D eigenvalue weighted by molar-refractivity contribution is 7.89. The van der Waals surface area contributed by atoms with Crippen LogP contribution in [0.1, 0.15) is 0 Å². The van der Waals surface area contributed by atoms with E-state index in [-0.39, 0.29) is 64.0 Å². The molecule has 0 fully saturated rings. The molecule has 0 heterocycles. The van der Waals surface area contributed by atoms with Gasteiger partial charge in [-0.05, 0) is 47.5 Å². The van der Waals surface area contributed by atoms with Crippen molar-refractivity contribution in [2.45, 2.75) is 9.79 Å². The lowest BCUT2D eigenvalue weighted by Crippen LogP contribution is -2.13. The van der Waals surface area contributed by atoms with Crippen molar-refractivity contribution in [3.05, 3.63) is 105 Å². The van der Waals surface area contributed by atoms with E-state index in [1.807, 2.05) is 0 Å². The van der Waals surface area contributed by atoms with Gasteiger partial charge in [-0.3, -0.25) is 0 Å². The minimum atomic E-state index is -4.13. The third-order valence-electron chi connectivity index (χ3n) is 7.55. The predicted molar refractivity (Wildman–Crippen MR) is 200 cm³/mol. The molecule has 12 nitrogen and oxygen atoms in total. The number of benzene rings is 6. The van der Waals surface area contributed by atoms with Gasteiger partial charge in [0.25, 0.3) is 0 Å². The molecule has 0 aliphatic rings. The molecule has 0 bridgehead atoms. The second-order valence-electron chi connectivity index (χ2n) is 10.8. The Kier molecular flexibility index (Phi) is 9.49. The fourth-order valence-corrected chi connectivity index (χ4v) is 7.85. The van der Waals surface area contributed by atoms with Crippen LogP contribution < -0.4 is 21.7 Å². The van der Waals surface area contributed by atoms with Crippen LogP contribution in [0.5, 0.6) is 0 Å². The number of nitrogen functional groups attached to an aromatic ring is 2. The molecule has 0 aliphatic heterocycles. The number of nitrogens with two attached hydrogens (primary N) is 4. The fraction of sp³-hybridized carbons (Fsp3) is 0. The van der Waals surface area contributed by atoms with E-state index in [1.165, 1.54) is 12.1 Å². The minimum absolute atomic E-state index is 0.0403. The normalized spacial score (nSPS) is 12.5. The van der Waals surface area contributed by atoms with Crippen LogP contribution in [-0.2, 0) is 20.0 Å². The van der Waals surface area contributed by atoms with Crippen molar-refractivity contribution in [2.75, 3.05) is 11.5 Å². The summed E-state index contributed by atoms with van der Waals surface area (Å²) in [6.07, 6.45) is 0. The molecule has 6 rings (SSSR count). The van der Waals surface area contributed by atoms with Crippen LogP contribution in [0.4, 0.5) is 34.1 Å². The third-order valence-corrected chi connectivity index (χ3v) is 10.6. The van der Waals surface area contributed by atoms with E-state index in [0.717, 1.165) is 0 Å². The van der Waals surface area contributed by atoms with Crippen LogP contribution in [0.25, 0.3) is 32.7 Å². The summed E-state index contributed by atoms with van der Waals surface area (Å²) >= 11 is 26.3. The highest BCUT2D eigenvalue weighted by Gasteiger charge is 2.20. The molecule has 8 N–H and O–H groups in total. The summed E-state index contributed by atoms with van der Waals surface area (Å²) in [7, 11) is -8.25. The Morgan fingerprint density at radius 3 is 1.06 bits per heavy atom. The number of sulfonamides is 2. The van der Waals surface area contributed by atoms with Crippen LogP contribution in [0.3, 0.4) is 0 Å². The predicted octanol–water partition coefficient (Wildman–Crippen LogP) is 9.56. The van der Waals surface area contributed by atoms with Gasteiger partial charge in [0.05, 0.1) is 41.3 Å².